The largest absolute Gasteiger partial charge is 0.356 e. The second-order valence-corrected chi connectivity index (χ2v) is 11.6. The summed E-state index contributed by atoms with van der Waals surface area (Å²) in [7, 11) is 0. The van der Waals surface area contributed by atoms with Crippen molar-refractivity contribution in [3.8, 4) is 0 Å². The number of fused-ring (bicyclic) bond motifs is 4. The van der Waals surface area contributed by atoms with Gasteiger partial charge in [0.1, 0.15) is 12.1 Å². The summed E-state index contributed by atoms with van der Waals surface area (Å²) < 4.78 is 0. The Balaban J connectivity index is 1.29. The lowest BCUT2D eigenvalue weighted by Gasteiger charge is -2.36. The Bertz CT molecular complexity index is 1860. The number of benzene rings is 4. The number of nitrogens with zero attached hydrogens (tertiary/aromatic N) is 2. The number of aromatic nitrogens is 1. The van der Waals surface area contributed by atoms with E-state index in [4.69, 9.17) is 0 Å². The highest BCUT2D eigenvalue weighted by molar-refractivity contribution is 6.24. The lowest BCUT2D eigenvalue weighted by molar-refractivity contribution is -0.120. The molecule has 43 heavy (non-hydrogen) atoms. The quantitative estimate of drug-likeness (QED) is 0.224. The van der Waals surface area contributed by atoms with Crippen molar-refractivity contribution in [3.63, 3.8) is 0 Å². The second-order valence-electron chi connectivity index (χ2n) is 11.6. The van der Waals surface area contributed by atoms with E-state index >= 15 is 0 Å². The summed E-state index contributed by atoms with van der Waals surface area (Å²) in [5.41, 5.74) is 6.61. The van der Waals surface area contributed by atoms with Crippen molar-refractivity contribution in [1.29, 1.82) is 0 Å². The summed E-state index contributed by atoms with van der Waals surface area (Å²) >= 11 is 0. The molecule has 4 aromatic carbocycles. The van der Waals surface area contributed by atoms with Crippen molar-refractivity contribution in [2.75, 3.05) is 4.90 Å². The third-order valence-corrected chi connectivity index (χ3v) is 8.65. The van der Waals surface area contributed by atoms with Crippen LogP contribution in [0.4, 0.5) is 10.5 Å². The number of carbonyl (C=O) groups is 3. The minimum Gasteiger partial charge on any atom is -0.356 e. The summed E-state index contributed by atoms with van der Waals surface area (Å²) in [5, 5.41) is 4.00. The van der Waals surface area contributed by atoms with E-state index in [-0.39, 0.29) is 17.4 Å². The first-order chi connectivity index (χ1) is 20.9. The molecule has 3 heterocycles. The van der Waals surface area contributed by atoms with Gasteiger partial charge in [-0.3, -0.25) is 14.5 Å². The molecule has 0 aliphatic carbocycles. The average molecular weight is 569 g/mol. The lowest BCUT2D eigenvalue weighted by atomic mass is 9.88. The van der Waals surface area contributed by atoms with E-state index in [9.17, 15) is 14.4 Å². The van der Waals surface area contributed by atoms with Crippen LogP contribution in [0, 0.1) is 0 Å². The Hall–Kier alpha value is -5.17. The minimum absolute atomic E-state index is 0.279. The number of amides is 4. The molecule has 7 rings (SSSR count). The van der Waals surface area contributed by atoms with Crippen LogP contribution in [0.2, 0.25) is 0 Å². The predicted octanol–water partition coefficient (Wildman–Crippen LogP) is 6.70. The molecule has 2 unspecified atom stereocenters. The van der Waals surface area contributed by atoms with Gasteiger partial charge < -0.3 is 10.3 Å². The van der Waals surface area contributed by atoms with E-state index < -0.39 is 18.1 Å². The molecule has 0 radical (unpaired) electrons. The van der Waals surface area contributed by atoms with Crippen LogP contribution in [0.25, 0.3) is 10.9 Å². The standard InChI is InChI=1S/C36H32N4O3/c1-22(2)24-16-18-25(19-17-24)33-32-28(26-12-6-8-14-29(26)38-32)20-31-35(42)40(36(43)39(31)33)30-15-9-7-13-27(30)34(41)37-21-23-10-4-3-5-11-23/h3-19,22,31,33,38H,20-21H2,1-2H3,(H,37,41). The van der Waals surface area contributed by atoms with Crippen LogP contribution < -0.4 is 10.2 Å². The molecule has 2 atom stereocenters. The first-order valence-corrected chi connectivity index (χ1v) is 14.7. The van der Waals surface area contributed by atoms with Crippen molar-refractivity contribution in [2.24, 2.45) is 0 Å². The van der Waals surface area contributed by atoms with Gasteiger partial charge in [0.05, 0.1) is 11.3 Å². The topological polar surface area (TPSA) is 85.5 Å². The minimum atomic E-state index is -0.700. The first-order valence-electron chi connectivity index (χ1n) is 14.7. The monoisotopic (exact) mass is 568 g/mol. The fraction of sp³-hybridized carbons (Fsp3) is 0.194. The van der Waals surface area contributed by atoms with Crippen molar-refractivity contribution < 1.29 is 14.4 Å². The summed E-state index contributed by atoms with van der Waals surface area (Å²) in [6.07, 6.45) is 0.392. The van der Waals surface area contributed by atoms with Gasteiger partial charge in [-0.05, 0) is 46.4 Å². The molecule has 1 fully saturated rings. The zero-order valence-electron chi connectivity index (χ0n) is 24.1. The van der Waals surface area contributed by atoms with Crippen molar-refractivity contribution >= 4 is 34.4 Å². The van der Waals surface area contributed by atoms with Crippen LogP contribution in [0.3, 0.4) is 0 Å². The third-order valence-electron chi connectivity index (χ3n) is 8.65. The van der Waals surface area contributed by atoms with Gasteiger partial charge in [-0.15, -0.1) is 0 Å². The lowest BCUT2D eigenvalue weighted by Crippen LogP contribution is -2.44. The van der Waals surface area contributed by atoms with Gasteiger partial charge in [-0.1, -0.05) is 98.8 Å². The van der Waals surface area contributed by atoms with Gasteiger partial charge in [0, 0.05) is 29.6 Å². The number of anilines is 1. The summed E-state index contributed by atoms with van der Waals surface area (Å²) in [6, 6.07) is 31.2. The zero-order valence-corrected chi connectivity index (χ0v) is 24.1. The van der Waals surface area contributed by atoms with Crippen molar-refractivity contribution in [3.05, 3.63) is 137 Å². The maximum Gasteiger partial charge on any atom is 0.332 e. The maximum atomic E-state index is 14.4. The maximum absolute atomic E-state index is 14.4. The highest BCUT2D eigenvalue weighted by Gasteiger charge is 2.53. The average Bonchev–Trinajstić information content (AvgIpc) is 3.53. The molecular weight excluding hydrogens is 536 g/mol. The number of H-pyrrole nitrogens is 1. The molecule has 7 nitrogen and oxygen atoms in total. The number of aromatic amines is 1. The van der Waals surface area contributed by atoms with Crippen LogP contribution in [-0.2, 0) is 17.8 Å². The molecule has 0 bridgehead atoms. The van der Waals surface area contributed by atoms with Crippen LogP contribution >= 0.6 is 0 Å². The smallest absolute Gasteiger partial charge is 0.332 e. The number of imide groups is 1. The highest BCUT2D eigenvalue weighted by Crippen LogP contribution is 2.45. The Morgan fingerprint density at radius 2 is 1.58 bits per heavy atom. The van der Waals surface area contributed by atoms with E-state index in [2.05, 4.69) is 54.5 Å². The zero-order chi connectivity index (χ0) is 29.7. The Kier molecular flexibility index (Phi) is 6.58. The Morgan fingerprint density at radius 3 is 2.35 bits per heavy atom. The molecule has 2 aliphatic rings. The SMILES string of the molecule is CC(C)c1ccc(C2c3[nH]c4ccccc4c3CC3C(=O)N(c4ccccc4C(=O)NCc4ccccc4)C(=O)N32)cc1. The summed E-state index contributed by atoms with van der Waals surface area (Å²) in [4.78, 5) is 48.5. The molecule has 1 saturated heterocycles. The van der Waals surface area contributed by atoms with Crippen LogP contribution in [0.5, 0.6) is 0 Å². The number of urea groups is 1. The molecule has 2 N–H and O–H groups in total. The Labute approximate surface area is 250 Å². The molecule has 214 valence electrons. The fourth-order valence-electron chi connectivity index (χ4n) is 6.44. The summed E-state index contributed by atoms with van der Waals surface area (Å²) in [6.45, 7) is 4.63. The molecule has 5 aromatic rings. The number of rotatable bonds is 6. The predicted molar refractivity (Wildman–Crippen MR) is 167 cm³/mol. The second kappa shape index (κ2) is 10.6. The van der Waals surface area contributed by atoms with Gasteiger partial charge >= 0.3 is 6.03 Å². The van der Waals surface area contributed by atoms with E-state index in [1.165, 1.54) is 10.5 Å². The molecular formula is C36H32N4O3. The molecule has 1 aromatic heterocycles. The van der Waals surface area contributed by atoms with Crippen LogP contribution in [0.1, 0.15) is 64.1 Å². The van der Waals surface area contributed by atoms with E-state index in [0.717, 1.165) is 33.3 Å². The van der Waals surface area contributed by atoms with E-state index in [0.29, 0.717) is 24.6 Å². The highest BCUT2D eigenvalue weighted by atomic mass is 16.2. The van der Waals surface area contributed by atoms with Crippen molar-refractivity contribution in [2.45, 2.75) is 44.8 Å². The molecule has 7 heteroatoms. The molecule has 2 aliphatic heterocycles. The van der Waals surface area contributed by atoms with Gasteiger partial charge in [-0.25, -0.2) is 9.69 Å². The first kappa shape index (κ1) is 26.7. The normalized spacial score (nSPS) is 17.8. The molecule has 0 spiro atoms. The van der Waals surface area contributed by atoms with Gasteiger partial charge in [-0.2, -0.15) is 0 Å². The van der Waals surface area contributed by atoms with E-state index in [1.54, 1.807) is 29.2 Å². The number of nitrogens with one attached hydrogen (secondary N) is 2. The number of hydrogen-bond donors (Lipinski definition) is 2. The number of hydrogen-bond acceptors (Lipinski definition) is 3. The Morgan fingerprint density at radius 1 is 0.884 bits per heavy atom. The van der Waals surface area contributed by atoms with Gasteiger partial charge in [0.25, 0.3) is 11.8 Å². The fourth-order valence-corrected chi connectivity index (χ4v) is 6.44. The third kappa shape index (κ3) is 4.48. The van der Waals surface area contributed by atoms with E-state index in [1.807, 2.05) is 48.5 Å². The molecule has 4 amide bonds. The number of carbonyl (C=O) groups excluding carboxylic acids is 3. The van der Waals surface area contributed by atoms with Gasteiger partial charge in [0.2, 0.25) is 0 Å². The van der Waals surface area contributed by atoms with Gasteiger partial charge in [0.15, 0.2) is 0 Å². The molecule has 0 saturated carbocycles. The van der Waals surface area contributed by atoms with Crippen LogP contribution in [0.15, 0.2) is 103 Å². The van der Waals surface area contributed by atoms with Crippen molar-refractivity contribution in [1.82, 2.24) is 15.2 Å². The summed E-state index contributed by atoms with van der Waals surface area (Å²) in [5.74, 6) is -0.304. The number of para-hydroxylation sites is 2. The van der Waals surface area contributed by atoms with Crippen LogP contribution in [-0.4, -0.2) is 33.8 Å².